The molecule has 0 atom stereocenters. The summed E-state index contributed by atoms with van der Waals surface area (Å²) in [5.41, 5.74) is 2.08. The molecule has 0 aliphatic heterocycles. The normalized spacial score (nSPS) is 17.4. The molecule has 1 aromatic carbocycles. The Kier molecular flexibility index (Phi) is 4.77. The lowest BCUT2D eigenvalue weighted by atomic mass is 9.85. The molecule has 1 fully saturated rings. The van der Waals surface area contributed by atoms with Gasteiger partial charge in [0.1, 0.15) is 5.00 Å². The number of thiophene rings is 1. The predicted octanol–water partition coefficient (Wildman–Crippen LogP) is 5.02. The van der Waals surface area contributed by atoms with Gasteiger partial charge in [-0.15, -0.1) is 11.3 Å². The molecule has 2 aliphatic carbocycles. The quantitative estimate of drug-likeness (QED) is 0.737. The van der Waals surface area contributed by atoms with E-state index in [1.54, 1.807) is 24.3 Å². The lowest BCUT2D eigenvalue weighted by Gasteiger charge is -2.20. The van der Waals surface area contributed by atoms with E-state index in [4.69, 9.17) is 11.6 Å². The molecular weight excluding hydrogens is 380 g/mol. The van der Waals surface area contributed by atoms with Gasteiger partial charge in [0.25, 0.3) is 11.8 Å². The molecule has 4 rings (SSSR count). The lowest BCUT2D eigenvalue weighted by Crippen LogP contribution is -2.29. The molecule has 4 nitrogen and oxygen atoms in total. The number of benzene rings is 1. The molecule has 142 valence electrons. The van der Waals surface area contributed by atoms with Crippen LogP contribution in [0, 0.1) is 5.92 Å². The van der Waals surface area contributed by atoms with Gasteiger partial charge in [-0.3, -0.25) is 9.59 Å². The summed E-state index contributed by atoms with van der Waals surface area (Å²) in [5, 5.41) is 7.06. The molecule has 0 radical (unpaired) electrons. The van der Waals surface area contributed by atoms with Gasteiger partial charge in [-0.05, 0) is 54.7 Å². The molecule has 2 N–H and O–H groups in total. The average molecular weight is 403 g/mol. The van der Waals surface area contributed by atoms with Crippen molar-refractivity contribution in [3.63, 3.8) is 0 Å². The van der Waals surface area contributed by atoms with Gasteiger partial charge in [0.2, 0.25) is 0 Å². The van der Waals surface area contributed by atoms with Gasteiger partial charge in [0.15, 0.2) is 0 Å². The van der Waals surface area contributed by atoms with Crippen LogP contribution in [0.1, 0.15) is 64.3 Å². The molecule has 1 heterocycles. The summed E-state index contributed by atoms with van der Waals surface area (Å²) in [6.07, 6.45) is 4.33. The van der Waals surface area contributed by atoms with E-state index in [0.29, 0.717) is 33.6 Å². The van der Waals surface area contributed by atoms with Crippen LogP contribution in [0.15, 0.2) is 24.3 Å². The molecule has 0 unspecified atom stereocenters. The van der Waals surface area contributed by atoms with E-state index in [-0.39, 0.29) is 17.2 Å². The fraction of sp³-hybridized carbons (Fsp3) is 0.429. The summed E-state index contributed by atoms with van der Waals surface area (Å²) in [6.45, 7) is 5.05. The summed E-state index contributed by atoms with van der Waals surface area (Å²) in [6, 6.07) is 6.95. The molecule has 0 saturated heterocycles. The molecule has 1 saturated carbocycles. The first-order valence-electron chi connectivity index (χ1n) is 9.37. The van der Waals surface area contributed by atoms with Crippen LogP contribution in [0.3, 0.4) is 0 Å². The molecule has 6 heteroatoms. The number of carbonyl (C=O) groups is 2. The first-order valence-corrected chi connectivity index (χ1v) is 10.6. The van der Waals surface area contributed by atoms with Crippen molar-refractivity contribution in [2.24, 2.45) is 5.92 Å². The van der Waals surface area contributed by atoms with Crippen molar-refractivity contribution in [1.29, 1.82) is 0 Å². The molecular formula is C21H23ClN2O2S. The van der Waals surface area contributed by atoms with Gasteiger partial charge in [-0.1, -0.05) is 37.6 Å². The third kappa shape index (κ3) is 3.63. The van der Waals surface area contributed by atoms with Crippen LogP contribution < -0.4 is 10.6 Å². The van der Waals surface area contributed by atoms with Crippen molar-refractivity contribution < 1.29 is 9.59 Å². The van der Waals surface area contributed by atoms with E-state index in [0.717, 1.165) is 18.4 Å². The van der Waals surface area contributed by atoms with Crippen LogP contribution in [0.5, 0.6) is 0 Å². The Morgan fingerprint density at radius 3 is 2.67 bits per heavy atom. The topological polar surface area (TPSA) is 58.2 Å². The van der Waals surface area contributed by atoms with Crippen molar-refractivity contribution in [1.82, 2.24) is 5.32 Å². The van der Waals surface area contributed by atoms with Gasteiger partial charge >= 0.3 is 0 Å². The summed E-state index contributed by atoms with van der Waals surface area (Å²) in [4.78, 5) is 27.0. The van der Waals surface area contributed by atoms with E-state index < -0.39 is 0 Å². The number of nitrogens with one attached hydrogen (secondary N) is 2. The molecule has 2 aliphatic rings. The standard InChI is InChI=1S/C21H23ClN2O2S/c1-21(2)10-9-15-17(21)16(19(26)23-11-12-7-8-12)20(27-15)24-18(25)13-5-3-4-6-14(13)22/h3-6,12H,7-11H2,1-2H3,(H,23,26)(H,24,25). The highest BCUT2D eigenvalue weighted by Crippen LogP contribution is 2.48. The van der Waals surface area contributed by atoms with Crippen LogP contribution in [0.4, 0.5) is 5.00 Å². The zero-order valence-electron chi connectivity index (χ0n) is 15.5. The number of rotatable bonds is 5. The summed E-state index contributed by atoms with van der Waals surface area (Å²) in [5.74, 6) is 0.244. The average Bonchev–Trinajstić information content (AvgIpc) is 3.31. The highest BCUT2D eigenvalue weighted by molar-refractivity contribution is 7.17. The SMILES string of the molecule is CC1(C)CCc2sc(NC(=O)c3ccccc3Cl)c(C(=O)NCC3CC3)c21. The van der Waals surface area contributed by atoms with E-state index >= 15 is 0 Å². The van der Waals surface area contributed by atoms with Gasteiger partial charge in [-0.25, -0.2) is 0 Å². The Balaban J connectivity index is 1.66. The maximum atomic E-state index is 13.0. The second-order valence-electron chi connectivity index (χ2n) is 8.08. The smallest absolute Gasteiger partial charge is 0.257 e. The molecule has 1 aromatic heterocycles. The number of halogens is 1. The summed E-state index contributed by atoms with van der Waals surface area (Å²) >= 11 is 7.68. The van der Waals surface area contributed by atoms with Crippen LogP contribution in [-0.2, 0) is 11.8 Å². The van der Waals surface area contributed by atoms with E-state index in [1.165, 1.54) is 29.1 Å². The maximum absolute atomic E-state index is 13.0. The number of aryl methyl sites for hydroxylation is 1. The minimum atomic E-state index is -0.283. The number of anilines is 1. The minimum absolute atomic E-state index is 0.0640. The summed E-state index contributed by atoms with van der Waals surface area (Å²) in [7, 11) is 0. The number of hydrogen-bond donors (Lipinski definition) is 2. The van der Waals surface area contributed by atoms with Crippen LogP contribution >= 0.6 is 22.9 Å². The Morgan fingerprint density at radius 1 is 1.22 bits per heavy atom. The van der Waals surface area contributed by atoms with E-state index in [9.17, 15) is 9.59 Å². The van der Waals surface area contributed by atoms with E-state index in [2.05, 4.69) is 24.5 Å². The number of fused-ring (bicyclic) bond motifs is 1. The highest BCUT2D eigenvalue weighted by atomic mass is 35.5. The zero-order chi connectivity index (χ0) is 19.2. The highest BCUT2D eigenvalue weighted by Gasteiger charge is 2.38. The predicted molar refractivity (Wildman–Crippen MR) is 110 cm³/mol. The summed E-state index contributed by atoms with van der Waals surface area (Å²) < 4.78 is 0. The first kappa shape index (κ1) is 18.5. The lowest BCUT2D eigenvalue weighted by molar-refractivity contribution is 0.0951. The monoisotopic (exact) mass is 402 g/mol. The zero-order valence-corrected chi connectivity index (χ0v) is 17.1. The Morgan fingerprint density at radius 2 is 1.96 bits per heavy atom. The van der Waals surface area contributed by atoms with Crippen LogP contribution in [0.2, 0.25) is 5.02 Å². The van der Waals surface area contributed by atoms with Crippen molar-refractivity contribution in [3.8, 4) is 0 Å². The molecule has 27 heavy (non-hydrogen) atoms. The van der Waals surface area contributed by atoms with Crippen molar-refractivity contribution >= 4 is 39.8 Å². The number of carbonyl (C=O) groups excluding carboxylic acids is 2. The Labute approximate surface area is 168 Å². The molecule has 0 bridgehead atoms. The second kappa shape index (κ2) is 6.95. The first-order chi connectivity index (χ1) is 12.9. The minimum Gasteiger partial charge on any atom is -0.352 e. The molecule has 0 spiro atoms. The van der Waals surface area contributed by atoms with Gasteiger partial charge in [0, 0.05) is 11.4 Å². The number of amides is 2. The maximum Gasteiger partial charge on any atom is 0.257 e. The van der Waals surface area contributed by atoms with Gasteiger partial charge in [0.05, 0.1) is 16.1 Å². The van der Waals surface area contributed by atoms with Gasteiger partial charge < -0.3 is 10.6 Å². The second-order valence-corrected chi connectivity index (χ2v) is 9.59. The van der Waals surface area contributed by atoms with Crippen molar-refractivity contribution in [2.75, 3.05) is 11.9 Å². The fourth-order valence-electron chi connectivity index (χ4n) is 3.69. The third-order valence-electron chi connectivity index (χ3n) is 5.46. The molecule has 2 amide bonds. The number of hydrogen-bond acceptors (Lipinski definition) is 3. The largest absolute Gasteiger partial charge is 0.352 e. The van der Waals surface area contributed by atoms with Crippen LogP contribution in [-0.4, -0.2) is 18.4 Å². The fourth-order valence-corrected chi connectivity index (χ4v) is 5.28. The van der Waals surface area contributed by atoms with Crippen LogP contribution in [0.25, 0.3) is 0 Å². The Hall–Kier alpha value is -1.85. The molecule has 2 aromatic rings. The van der Waals surface area contributed by atoms with Crippen molar-refractivity contribution in [3.05, 3.63) is 50.9 Å². The third-order valence-corrected chi connectivity index (χ3v) is 6.95. The van der Waals surface area contributed by atoms with Crippen molar-refractivity contribution in [2.45, 2.75) is 44.9 Å². The Bertz CT molecular complexity index is 915. The van der Waals surface area contributed by atoms with E-state index in [1.807, 2.05) is 0 Å². The van der Waals surface area contributed by atoms with Gasteiger partial charge in [-0.2, -0.15) is 0 Å².